The molecule has 0 bridgehead atoms. The minimum Gasteiger partial charge on any atom is -0.480 e. The molecular weight excluding hydrogens is 318 g/mol. The normalized spacial score (nSPS) is 22.6. The zero-order chi connectivity index (χ0) is 18.4. The summed E-state index contributed by atoms with van der Waals surface area (Å²) in [6.45, 7) is 7.24. The van der Waals surface area contributed by atoms with Gasteiger partial charge in [0.25, 0.3) is 0 Å². The quantitative estimate of drug-likeness (QED) is 0.575. The van der Waals surface area contributed by atoms with Gasteiger partial charge in [-0.25, -0.2) is 0 Å². The summed E-state index contributed by atoms with van der Waals surface area (Å²) >= 11 is 0. The van der Waals surface area contributed by atoms with Gasteiger partial charge in [-0.2, -0.15) is 0 Å². The van der Waals surface area contributed by atoms with E-state index in [0.717, 1.165) is 0 Å². The van der Waals surface area contributed by atoms with Crippen LogP contribution in [0.2, 0.25) is 0 Å². The summed E-state index contributed by atoms with van der Waals surface area (Å²) < 4.78 is 0. The average molecular weight is 345 g/mol. The van der Waals surface area contributed by atoms with Gasteiger partial charge >= 0.3 is 17.9 Å². The molecule has 0 aromatic carbocycles. The van der Waals surface area contributed by atoms with Crippen molar-refractivity contribution in [1.82, 2.24) is 14.7 Å². The van der Waals surface area contributed by atoms with E-state index in [0.29, 0.717) is 39.3 Å². The van der Waals surface area contributed by atoms with Gasteiger partial charge in [0, 0.05) is 39.3 Å². The lowest BCUT2D eigenvalue weighted by Crippen LogP contribution is -2.47. The standard InChI is InChI=1S/C15H27N3O6/c1-10(13(19)20)16-4-6-17(11(2)14(21)22)8-9-18(7-5-16)12(3)15(23)24/h10-12H,4-9H2,1-3H3,(H,19,20)(H,21,22)(H,23,24). The largest absolute Gasteiger partial charge is 0.480 e. The van der Waals surface area contributed by atoms with Gasteiger partial charge in [0.2, 0.25) is 0 Å². The molecule has 1 aliphatic heterocycles. The Labute approximate surface area is 141 Å². The summed E-state index contributed by atoms with van der Waals surface area (Å²) in [6, 6.07) is -2.15. The second-order valence-corrected chi connectivity index (χ2v) is 6.15. The van der Waals surface area contributed by atoms with E-state index in [1.54, 1.807) is 35.5 Å². The van der Waals surface area contributed by atoms with Gasteiger partial charge in [-0.1, -0.05) is 0 Å². The van der Waals surface area contributed by atoms with Gasteiger partial charge in [0.1, 0.15) is 18.1 Å². The second-order valence-electron chi connectivity index (χ2n) is 6.15. The van der Waals surface area contributed by atoms with E-state index in [4.69, 9.17) is 0 Å². The highest BCUT2D eigenvalue weighted by atomic mass is 16.4. The SMILES string of the molecule is CC(C(=O)O)N1CCN(C(C)C(=O)O)CCN(C(C)C(=O)O)CC1. The first-order valence-electron chi connectivity index (χ1n) is 8.05. The number of aliphatic carboxylic acids is 3. The van der Waals surface area contributed by atoms with Crippen LogP contribution in [0, 0.1) is 0 Å². The molecule has 1 fully saturated rings. The van der Waals surface area contributed by atoms with Crippen molar-refractivity contribution in [3.05, 3.63) is 0 Å². The molecule has 0 spiro atoms. The van der Waals surface area contributed by atoms with Crippen LogP contribution in [0.1, 0.15) is 20.8 Å². The number of carboxylic acid groups (broad SMARTS) is 3. The van der Waals surface area contributed by atoms with Crippen molar-refractivity contribution in [2.45, 2.75) is 38.9 Å². The van der Waals surface area contributed by atoms with Crippen LogP contribution in [-0.4, -0.2) is 105 Å². The average Bonchev–Trinajstić information content (AvgIpc) is 2.62. The second kappa shape index (κ2) is 8.95. The van der Waals surface area contributed by atoms with Gasteiger partial charge < -0.3 is 15.3 Å². The van der Waals surface area contributed by atoms with Gasteiger partial charge in [-0.3, -0.25) is 29.1 Å². The summed E-state index contributed by atoms with van der Waals surface area (Å²) in [5.41, 5.74) is 0. The maximum absolute atomic E-state index is 11.3. The van der Waals surface area contributed by atoms with Crippen molar-refractivity contribution in [1.29, 1.82) is 0 Å². The third-order valence-electron chi connectivity index (χ3n) is 4.74. The molecule has 3 atom stereocenters. The molecule has 0 saturated carbocycles. The highest BCUT2D eigenvalue weighted by Crippen LogP contribution is 2.10. The van der Waals surface area contributed by atoms with Crippen LogP contribution < -0.4 is 0 Å². The van der Waals surface area contributed by atoms with Crippen molar-refractivity contribution in [2.24, 2.45) is 0 Å². The van der Waals surface area contributed by atoms with Crippen LogP contribution in [0.4, 0.5) is 0 Å². The van der Waals surface area contributed by atoms with Gasteiger partial charge in [-0.05, 0) is 20.8 Å². The van der Waals surface area contributed by atoms with Crippen molar-refractivity contribution in [3.63, 3.8) is 0 Å². The lowest BCUT2D eigenvalue weighted by molar-refractivity contribution is -0.144. The lowest BCUT2D eigenvalue weighted by Gasteiger charge is -2.29. The number of rotatable bonds is 6. The molecule has 1 aliphatic rings. The van der Waals surface area contributed by atoms with Crippen LogP contribution in [0.3, 0.4) is 0 Å². The van der Waals surface area contributed by atoms with E-state index < -0.39 is 36.0 Å². The van der Waals surface area contributed by atoms with Crippen LogP contribution >= 0.6 is 0 Å². The Kier molecular flexibility index (Phi) is 7.59. The molecule has 0 amide bonds. The Morgan fingerprint density at radius 2 is 0.750 bits per heavy atom. The predicted molar refractivity (Wildman–Crippen MR) is 86.0 cm³/mol. The molecule has 1 heterocycles. The number of hydrogen-bond donors (Lipinski definition) is 3. The maximum Gasteiger partial charge on any atom is 0.320 e. The molecule has 0 aliphatic carbocycles. The van der Waals surface area contributed by atoms with E-state index in [9.17, 15) is 29.7 Å². The zero-order valence-corrected chi connectivity index (χ0v) is 14.4. The lowest BCUT2D eigenvalue weighted by atomic mass is 10.2. The Morgan fingerprint density at radius 3 is 0.875 bits per heavy atom. The third kappa shape index (κ3) is 5.43. The maximum atomic E-state index is 11.3. The van der Waals surface area contributed by atoms with E-state index in [1.807, 2.05) is 0 Å². The fourth-order valence-electron chi connectivity index (χ4n) is 2.74. The highest BCUT2D eigenvalue weighted by molar-refractivity contribution is 5.74. The number of carbonyl (C=O) groups is 3. The first-order valence-corrected chi connectivity index (χ1v) is 8.05. The Morgan fingerprint density at radius 1 is 0.583 bits per heavy atom. The van der Waals surface area contributed by atoms with Crippen molar-refractivity contribution in [2.75, 3.05) is 39.3 Å². The first kappa shape index (κ1) is 20.3. The van der Waals surface area contributed by atoms with Crippen LogP contribution in [0.5, 0.6) is 0 Å². The summed E-state index contributed by atoms with van der Waals surface area (Å²) in [6.07, 6.45) is 0. The molecule has 0 radical (unpaired) electrons. The van der Waals surface area contributed by atoms with Crippen molar-refractivity contribution < 1.29 is 29.7 Å². The Bertz CT molecular complexity index is 394. The van der Waals surface area contributed by atoms with E-state index in [1.165, 1.54) is 0 Å². The van der Waals surface area contributed by atoms with E-state index in [-0.39, 0.29) is 0 Å². The molecule has 9 nitrogen and oxygen atoms in total. The zero-order valence-electron chi connectivity index (χ0n) is 14.4. The fourth-order valence-corrected chi connectivity index (χ4v) is 2.74. The Hall–Kier alpha value is -1.71. The monoisotopic (exact) mass is 345 g/mol. The Balaban J connectivity index is 2.96. The fraction of sp³-hybridized carbons (Fsp3) is 0.800. The summed E-state index contributed by atoms with van der Waals surface area (Å²) in [4.78, 5) is 39.1. The first-order chi connectivity index (χ1) is 11.1. The van der Waals surface area contributed by atoms with Crippen molar-refractivity contribution in [3.8, 4) is 0 Å². The molecule has 1 rings (SSSR count). The molecule has 1 saturated heterocycles. The van der Waals surface area contributed by atoms with E-state index in [2.05, 4.69) is 0 Å². The summed E-state index contributed by atoms with van der Waals surface area (Å²) in [7, 11) is 0. The predicted octanol–water partition coefficient (Wildman–Crippen LogP) is -0.675. The van der Waals surface area contributed by atoms with E-state index >= 15 is 0 Å². The van der Waals surface area contributed by atoms with Gasteiger partial charge in [-0.15, -0.1) is 0 Å². The molecule has 9 heteroatoms. The number of carboxylic acids is 3. The third-order valence-corrected chi connectivity index (χ3v) is 4.74. The molecule has 0 aromatic rings. The molecular formula is C15H27N3O6. The molecule has 24 heavy (non-hydrogen) atoms. The number of hydrogen-bond acceptors (Lipinski definition) is 6. The molecule has 3 unspecified atom stereocenters. The molecule has 138 valence electrons. The number of nitrogens with zero attached hydrogens (tertiary/aromatic N) is 3. The molecule has 0 aromatic heterocycles. The van der Waals surface area contributed by atoms with Crippen LogP contribution in [0.25, 0.3) is 0 Å². The molecule has 3 N–H and O–H groups in total. The highest BCUT2D eigenvalue weighted by Gasteiger charge is 2.29. The van der Waals surface area contributed by atoms with Crippen molar-refractivity contribution >= 4 is 17.9 Å². The topological polar surface area (TPSA) is 122 Å². The van der Waals surface area contributed by atoms with Crippen LogP contribution in [0.15, 0.2) is 0 Å². The van der Waals surface area contributed by atoms with Crippen LogP contribution in [-0.2, 0) is 14.4 Å². The summed E-state index contributed by atoms with van der Waals surface area (Å²) in [5.74, 6) is -2.86. The van der Waals surface area contributed by atoms with Gasteiger partial charge in [0.05, 0.1) is 0 Å². The minimum absolute atomic E-state index is 0.417. The van der Waals surface area contributed by atoms with Gasteiger partial charge in [0.15, 0.2) is 0 Å². The summed E-state index contributed by atoms with van der Waals surface area (Å²) in [5, 5.41) is 27.7. The smallest absolute Gasteiger partial charge is 0.320 e. The minimum atomic E-state index is -0.954.